The lowest BCUT2D eigenvalue weighted by Crippen LogP contribution is -2.46. The van der Waals surface area contributed by atoms with E-state index in [0.29, 0.717) is 22.1 Å². The molecule has 2 nitrogen and oxygen atoms in total. The fourth-order valence-electron chi connectivity index (χ4n) is 2.39. The van der Waals surface area contributed by atoms with E-state index in [0.717, 1.165) is 25.8 Å². The molecule has 1 fully saturated rings. The van der Waals surface area contributed by atoms with E-state index in [1.807, 2.05) is 0 Å². The van der Waals surface area contributed by atoms with Crippen LogP contribution >= 0.6 is 23.8 Å². The van der Waals surface area contributed by atoms with Gasteiger partial charge in [0.15, 0.2) is 0 Å². The minimum atomic E-state index is -0.230. The van der Waals surface area contributed by atoms with E-state index in [9.17, 15) is 4.39 Å². The number of nitrogens with zero attached hydrogens (tertiary/aromatic N) is 1. The minimum absolute atomic E-state index is 0.0760. The summed E-state index contributed by atoms with van der Waals surface area (Å²) in [6.07, 6.45) is 3.18. The zero-order chi connectivity index (χ0) is 13.1. The first-order chi connectivity index (χ1) is 8.58. The molecule has 1 saturated heterocycles. The van der Waals surface area contributed by atoms with Crippen molar-refractivity contribution in [2.24, 2.45) is 5.73 Å². The van der Waals surface area contributed by atoms with Gasteiger partial charge in [-0.2, -0.15) is 0 Å². The maximum atomic E-state index is 13.7. The van der Waals surface area contributed by atoms with Crippen LogP contribution in [0.3, 0.4) is 0 Å². The summed E-state index contributed by atoms with van der Waals surface area (Å²) in [6.45, 7) is 1.41. The highest BCUT2D eigenvalue weighted by atomic mass is 35.5. The Morgan fingerprint density at radius 1 is 1.50 bits per heavy atom. The summed E-state index contributed by atoms with van der Waals surface area (Å²) in [7, 11) is 0. The molecule has 0 radical (unpaired) electrons. The quantitative estimate of drug-likeness (QED) is 0.866. The molecule has 1 aromatic rings. The molecule has 1 atom stereocenters. The van der Waals surface area contributed by atoms with Crippen LogP contribution in [0.15, 0.2) is 18.2 Å². The number of thiocarbonyl (C=S) groups is 1. The van der Waals surface area contributed by atoms with Crippen LogP contribution in [-0.2, 0) is 6.54 Å². The number of hydrogen-bond acceptors (Lipinski definition) is 2. The third kappa shape index (κ3) is 3.19. The molecule has 2 rings (SSSR count). The van der Waals surface area contributed by atoms with E-state index in [1.165, 1.54) is 6.07 Å². The van der Waals surface area contributed by atoms with Crippen LogP contribution in [0, 0.1) is 5.82 Å². The molecular weight excluding hydrogens is 271 g/mol. The van der Waals surface area contributed by atoms with Crippen molar-refractivity contribution >= 4 is 28.8 Å². The Morgan fingerprint density at radius 3 is 3.00 bits per heavy atom. The van der Waals surface area contributed by atoms with Gasteiger partial charge in [-0.15, -0.1) is 0 Å². The molecule has 1 aliphatic rings. The van der Waals surface area contributed by atoms with E-state index < -0.39 is 0 Å². The highest BCUT2D eigenvalue weighted by Crippen LogP contribution is 2.22. The molecule has 2 N–H and O–H groups in total. The highest BCUT2D eigenvalue weighted by Gasteiger charge is 2.25. The van der Waals surface area contributed by atoms with Gasteiger partial charge in [-0.05, 0) is 37.6 Å². The van der Waals surface area contributed by atoms with Crippen molar-refractivity contribution in [3.63, 3.8) is 0 Å². The Kier molecular flexibility index (Phi) is 4.54. The molecular formula is C13H16ClFN2S. The summed E-state index contributed by atoms with van der Waals surface area (Å²) >= 11 is 11.0. The lowest BCUT2D eigenvalue weighted by Gasteiger charge is -2.35. The van der Waals surface area contributed by atoms with Gasteiger partial charge in [-0.1, -0.05) is 30.2 Å². The highest BCUT2D eigenvalue weighted by molar-refractivity contribution is 7.80. The fraction of sp³-hybridized carbons (Fsp3) is 0.462. The average molecular weight is 287 g/mol. The van der Waals surface area contributed by atoms with E-state index in [4.69, 9.17) is 29.6 Å². The van der Waals surface area contributed by atoms with Crippen molar-refractivity contribution in [2.45, 2.75) is 31.8 Å². The third-order valence-corrected chi connectivity index (χ3v) is 3.83. The predicted octanol–water partition coefficient (Wildman–Crippen LogP) is 3.12. The summed E-state index contributed by atoms with van der Waals surface area (Å²) < 4.78 is 13.7. The van der Waals surface area contributed by atoms with Gasteiger partial charge in [0.05, 0.1) is 11.0 Å². The van der Waals surface area contributed by atoms with E-state index >= 15 is 0 Å². The first-order valence-corrected chi connectivity index (χ1v) is 6.84. The number of halogens is 2. The van der Waals surface area contributed by atoms with Gasteiger partial charge < -0.3 is 5.73 Å². The van der Waals surface area contributed by atoms with Gasteiger partial charge in [-0.3, -0.25) is 4.90 Å². The van der Waals surface area contributed by atoms with Gasteiger partial charge >= 0.3 is 0 Å². The molecule has 1 aliphatic heterocycles. The molecule has 98 valence electrons. The van der Waals surface area contributed by atoms with Gasteiger partial charge in [-0.25, -0.2) is 4.39 Å². The summed E-state index contributed by atoms with van der Waals surface area (Å²) in [5.41, 5.74) is 6.35. The zero-order valence-electron chi connectivity index (χ0n) is 10.0. The fourth-order valence-corrected chi connectivity index (χ4v) is 2.85. The largest absolute Gasteiger partial charge is 0.392 e. The maximum absolute atomic E-state index is 13.7. The first kappa shape index (κ1) is 13.7. The molecule has 5 heteroatoms. The molecule has 1 unspecified atom stereocenters. The number of benzene rings is 1. The summed E-state index contributed by atoms with van der Waals surface area (Å²) in [6, 6.07) is 4.70. The third-order valence-electron chi connectivity index (χ3n) is 3.32. The predicted molar refractivity (Wildman–Crippen MR) is 76.2 cm³/mol. The molecule has 0 aromatic heterocycles. The van der Waals surface area contributed by atoms with Crippen LogP contribution in [0.4, 0.5) is 4.39 Å². The Labute approximate surface area is 117 Å². The topological polar surface area (TPSA) is 29.3 Å². The van der Waals surface area contributed by atoms with E-state index in [1.54, 1.807) is 12.1 Å². The number of hydrogen-bond donors (Lipinski definition) is 1. The average Bonchev–Trinajstić information content (AvgIpc) is 2.34. The van der Waals surface area contributed by atoms with Crippen molar-refractivity contribution in [3.05, 3.63) is 34.6 Å². The van der Waals surface area contributed by atoms with Crippen LogP contribution in [-0.4, -0.2) is 22.5 Å². The SMILES string of the molecule is NC(=S)C1CCCCN1Cc1cc(Cl)ccc1F. The molecule has 18 heavy (non-hydrogen) atoms. The van der Waals surface area contributed by atoms with Crippen LogP contribution in [0.5, 0.6) is 0 Å². The lowest BCUT2D eigenvalue weighted by atomic mass is 10.0. The molecule has 0 bridgehead atoms. The van der Waals surface area contributed by atoms with Crippen LogP contribution in [0.2, 0.25) is 5.02 Å². The maximum Gasteiger partial charge on any atom is 0.127 e. The van der Waals surface area contributed by atoms with Gasteiger partial charge in [0.25, 0.3) is 0 Å². The van der Waals surface area contributed by atoms with Crippen molar-refractivity contribution in [1.29, 1.82) is 0 Å². The minimum Gasteiger partial charge on any atom is -0.392 e. The molecule has 0 amide bonds. The molecule has 0 spiro atoms. The summed E-state index contributed by atoms with van der Waals surface area (Å²) in [5, 5.41) is 0.551. The molecule has 0 saturated carbocycles. The van der Waals surface area contributed by atoms with Crippen LogP contribution < -0.4 is 5.73 Å². The Hall–Kier alpha value is -0.710. The number of nitrogens with two attached hydrogens (primary N) is 1. The smallest absolute Gasteiger partial charge is 0.127 e. The number of likely N-dealkylation sites (tertiary alicyclic amines) is 1. The van der Waals surface area contributed by atoms with Crippen molar-refractivity contribution in [2.75, 3.05) is 6.54 Å². The second kappa shape index (κ2) is 5.95. The lowest BCUT2D eigenvalue weighted by molar-refractivity contribution is 0.182. The van der Waals surface area contributed by atoms with Crippen molar-refractivity contribution < 1.29 is 4.39 Å². The van der Waals surface area contributed by atoms with Crippen molar-refractivity contribution in [1.82, 2.24) is 4.90 Å². The standard InChI is InChI=1S/C13H16ClFN2S/c14-10-4-5-11(15)9(7-10)8-17-6-2-1-3-12(17)13(16)18/h4-5,7,12H,1-3,6,8H2,(H2,16,18). The van der Waals surface area contributed by atoms with Crippen LogP contribution in [0.1, 0.15) is 24.8 Å². The zero-order valence-corrected chi connectivity index (χ0v) is 11.6. The van der Waals surface area contributed by atoms with Crippen molar-refractivity contribution in [3.8, 4) is 0 Å². The normalized spacial score (nSPS) is 20.9. The molecule has 1 aromatic carbocycles. The van der Waals surface area contributed by atoms with Gasteiger partial charge in [0.2, 0.25) is 0 Å². The second-order valence-electron chi connectivity index (χ2n) is 4.62. The number of piperidine rings is 1. The molecule has 1 heterocycles. The van der Waals surface area contributed by atoms with Gasteiger partial charge in [0, 0.05) is 17.1 Å². The Morgan fingerprint density at radius 2 is 2.28 bits per heavy atom. The summed E-state index contributed by atoms with van der Waals surface area (Å²) in [5.74, 6) is -0.230. The Balaban J connectivity index is 2.15. The van der Waals surface area contributed by atoms with Gasteiger partial charge in [0.1, 0.15) is 5.82 Å². The summed E-state index contributed by atoms with van der Waals surface area (Å²) in [4.78, 5) is 2.64. The monoisotopic (exact) mass is 286 g/mol. The van der Waals surface area contributed by atoms with E-state index in [-0.39, 0.29) is 11.9 Å². The Bertz CT molecular complexity index is 453. The number of rotatable bonds is 3. The van der Waals surface area contributed by atoms with Crippen LogP contribution in [0.25, 0.3) is 0 Å². The second-order valence-corrected chi connectivity index (χ2v) is 5.53. The van der Waals surface area contributed by atoms with E-state index in [2.05, 4.69) is 4.90 Å². The first-order valence-electron chi connectivity index (χ1n) is 6.05. The molecule has 0 aliphatic carbocycles.